The molecule has 2 aromatic rings. The molecular weight excluding hydrogens is 270 g/mol. The number of aliphatic hydroxyl groups is 2. The summed E-state index contributed by atoms with van der Waals surface area (Å²) in [5, 5.41) is 23.9. The normalized spacial score (nSPS) is 24.1. The Bertz CT molecular complexity index is 683. The molecule has 0 aliphatic carbocycles. The first kappa shape index (κ1) is 13.6. The van der Waals surface area contributed by atoms with E-state index in [2.05, 4.69) is 5.32 Å². The lowest BCUT2D eigenvalue weighted by Crippen LogP contribution is -2.51. The number of methoxy groups -OCH3 is 1. The largest absolute Gasteiger partial charge is 0.497 e. The molecule has 2 atom stereocenters. The zero-order valence-corrected chi connectivity index (χ0v) is 11.4. The Balaban J connectivity index is 2.18. The van der Waals surface area contributed by atoms with Crippen molar-refractivity contribution in [3.8, 4) is 5.75 Å². The second-order valence-corrected chi connectivity index (χ2v) is 4.93. The van der Waals surface area contributed by atoms with Crippen molar-refractivity contribution in [2.45, 2.75) is 11.7 Å². The van der Waals surface area contributed by atoms with Gasteiger partial charge in [0.15, 0.2) is 11.7 Å². The van der Waals surface area contributed by atoms with Crippen molar-refractivity contribution >= 4 is 11.6 Å². The van der Waals surface area contributed by atoms with Crippen LogP contribution in [0.1, 0.15) is 11.1 Å². The number of hydrogen-bond donors (Lipinski definition) is 3. The average Bonchev–Trinajstić information content (AvgIpc) is 2.53. The van der Waals surface area contributed by atoms with E-state index in [1.54, 1.807) is 55.6 Å². The molecule has 1 heterocycles. The number of rotatable bonds is 2. The van der Waals surface area contributed by atoms with E-state index < -0.39 is 17.6 Å². The monoisotopic (exact) mass is 285 g/mol. The van der Waals surface area contributed by atoms with Gasteiger partial charge in [-0.3, -0.25) is 4.79 Å². The van der Waals surface area contributed by atoms with E-state index in [1.165, 1.54) is 0 Å². The highest BCUT2D eigenvalue weighted by Crippen LogP contribution is 2.41. The molecule has 21 heavy (non-hydrogen) atoms. The van der Waals surface area contributed by atoms with Gasteiger partial charge in [0.2, 0.25) is 0 Å². The minimum Gasteiger partial charge on any atom is -0.497 e. The first-order chi connectivity index (χ1) is 10.1. The lowest BCUT2D eigenvalue weighted by molar-refractivity contribution is -0.138. The van der Waals surface area contributed by atoms with Crippen LogP contribution in [0.4, 0.5) is 5.69 Å². The van der Waals surface area contributed by atoms with Crippen LogP contribution in [-0.2, 0) is 10.4 Å². The number of para-hydroxylation sites is 1. The topological polar surface area (TPSA) is 78.8 Å². The molecule has 0 fully saturated rings. The number of carbonyl (C=O) groups is 1. The summed E-state index contributed by atoms with van der Waals surface area (Å²) in [4.78, 5) is 11.9. The van der Waals surface area contributed by atoms with Crippen LogP contribution < -0.4 is 10.1 Å². The van der Waals surface area contributed by atoms with Gasteiger partial charge in [0.1, 0.15) is 5.75 Å². The summed E-state index contributed by atoms with van der Waals surface area (Å²) in [5.41, 5.74) is -0.406. The molecule has 108 valence electrons. The Morgan fingerprint density at radius 1 is 1.14 bits per heavy atom. The standard InChI is InChI=1S/C16H15NO4/c1-21-11-8-6-10(7-9-11)16(20)12-4-2-3-5-13(12)17-15(19)14(16)18/h2-9,14,18,20H,1H3,(H,17,19)/t14-,16-/m0/s1. The number of fused-ring (bicyclic) bond motifs is 1. The predicted molar refractivity (Wildman–Crippen MR) is 77.1 cm³/mol. The molecule has 0 unspecified atom stereocenters. The number of benzene rings is 2. The van der Waals surface area contributed by atoms with Crippen LogP contribution in [0.25, 0.3) is 0 Å². The Hall–Kier alpha value is -2.37. The van der Waals surface area contributed by atoms with Crippen LogP contribution in [0.15, 0.2) is 48.5 Å². The van der Waals surface area contributed by atoms with Gasteiger partial charge in [-0.25, -0.2) is 0 Å². The molecule has 0 aromatic heterocycles. The molecule has 0 saturated carbocycles. The van der Waals surface area contributed by atoms with Crippen molar-refractivity contribution in [1.29, 1.82) is 0 Å². The van der Waals surface area contributed by atoms with Gasteiger partial charge in [0.25, 0.3) is 5.91 Å². The minimum atomic E-state index is -1.79. The molecule has 3 rings (SSSR count). The molecule has 1 amide bonds. The van der Waals surface area contributed by atoms with Crippen molar-refractivity contribution in [1.82, 2.24) is 0 Å². The molecule has 1 aliphatic heterocycles. The maximum Gasteiger partial charge on any atom is 0.256 e. The smallest absolute Gasteiger partial charge is 0.256 e. The summed E-state index contributed by atoms with van der Waals surface area (Å²) in [6, 6.07) is 13.5. The number of amides is 1. The molecule has 0 saturated heterocycles. The summed E-state index contributed by atoms with van der Waals surface area (Å²) in [7, 11) is 1.54. The lowest BCUT2D eigenvalue weighted by Gasteiger charge is -2.38. The van der Waals surface area contributed by atoms with Gasteiger partial charge in [0.05, 0.1) is 7.11 Å². The fourth-order valence-corrected chi connectivity index (χ4v) is 2.62. The van der Waals surface area contributed by atoms with E-state index >= 15 is 0 Å². The quantitative estimate of drug-likeness (QED) is 0.776. The second-order valence-electron chi connectivity index (χ2n) is 4.93. The van der Waals surface area contributed by atoms with E-state index in [-0.39, 0.29) is 0 Å². The van der Waals surface area contributed by atoms with Gasteiger partial charge in [-0.2, -0.15) is 0 Å². The van der Waals surface area contributed by atoms with Crippen molar-refractivity contribution < 1.29 is 19.7 Å². The van der Waals surface area contributed by atoms with Gasteiger partial charge in [0, 0.05) is 11.3 Å². The lowest BCUT2D eigenvalue weighted by atomic mass is 9.78. The molecular formula is C16H15NO4. The van der Waals surface area contributed by atoms with E-state index in [1.807, 2.05) is 0 Å². The van der Waals surface area contributed by atoms with Gasteiger partial charge in [-0.05, 0) is 23.8 Å². The minimum absolute atomic E-state index is 0.429. The third kappa shape index (κ3) is 1.98. The maximum atomic E-state index is 11.9. The fraction of sp³-hybridized carbons (Fsp3) is 0.188. The summed E-state index contributed by atoms with van der Waals surface area (Å²) in [5.74, 6) is -0.00240. The van der Waals surface area contributed by atoms with Gasteiger partial charge in [-0.15, -0.1) is 0 Å². The van der Waals surface area contributed by atoms with Crippen LogP contribution >= 0.6 is 0 Å². The molecule has 1 aliphatic rings. The van der Waals surface area contributed by atoms with E-state index in [4.69, 9.17) is 4.74 Å². The van der Waals surface area contributed by atoms with E-state index in [9.17, 15) is 15.0 Å². The number of carbonyl (C=O) groups excluding carboxylic acids is 1. The molecule has 0 radical (unpaired) electrons. The first-order valence-corrected chi connectivity index (χ1v) is 6.52. The average molecular weight is 285 g/mol. The number of anilines is 1. The highest BCUT2D eigenvalue weighted by molar-refractivity contribution is 5.99. The van der Waals surface area contributed by atoms with Crippen molar-refractivity contribution in [2.75, 3.05) is 12.4 Å². The molecule has 3 N–H and O–H groups in total. The van der Waals surface area contributed by atoms with Crippen LogP contribution in [0, 0.1) is 0 Å². The van der Waals surface area contributed by atoms with Crippen LogP contribution in [0.5, 0.6) is 5.75 Å². The molecule has 2 aromatic carbocycles. The third-order valence-electron chi connectivity index (χ3n) is 3.77. The summed E-state index contributed by atoms with van der Waals surface area (Å²) >= 11 is 0. The highest BCUT2D eigenvalue weighted by Gasteiger charge is 2.48. The third-order valence-corrected chi connectivity index (χ3v) is 3.77. The summed E-state index contributed by atoms with van der Waals surface area (Å²) in [6.45, 7) is 0. The van der Waals surface area contributed by atoms with Gasteiger partial charge < -0.3 is 20.3 Å². The van der Waals surface area contributed by atoms with Crippen molar-refractivity contribution in [3.05, 3.63) is 59.7 Å². The fourth-order valence-electron chi connectivity index (χ4n) is 2.62. The SMILES string of the molecule is COc1ccc([C@]2(O)c3ccccc3NC(=O)[C@@H]2O)cc1. The van der Waals surface area contributed by atoms with E-state index in [0.717, 1.165) is 0 Å². The molecule has 0 bridgehead atoms. The van der Waals surface area contributed by atoms with E-state index in [0.29, 0.717) is 22.6 Å². The Morgan fingerprint density at radius 2 is 1.81 bits per heavy atom. The van der Waals surface area contributed by atoms with Crippen LogP contribution in [0.2, 0.25) is 0 Å². The zero-order valence-electron chi connectivity index (χ0n) is 11.4. The maximum absolute atomic E-state index is 11.9. The molecule has 5 heteroatoms. The van der Waals surface area contributed by atoms with Crippen LogP contribution in [-0.4, -0.2) is 29.3 Å². The molecule has 5 nitrogen and oxygen atoms in total. The van der Waals surface area contributed by atoms with Crippen molar-refractivity contribution in [2.24, 2.45) is 0 Å². The number of nitrogens with one attached hydrogen (secondary N) is 1. The Kier molecular flexibility index (Phi) is 3.16. The number of aliphatic hydroxyl groups excluding tert-OH is 1. The highest BCUT2D eigenvalue weighted by atomic mass is 16.5. The number of hydrogen-bond acceptors (Lipinski definition) is 4. The summed E-state index contributed by atoms with van der Waals surface area (Å²) in [6.07, 6.45) is -1.58. The van der Waals surface area contributed by atoms with Gasteiger partial charge in [-0.1, -0.05) is 30.3 Å². The Labute approximate surface area is 121 Å². The number of ether oxygens (including phenoxy) is 1. The second kappa shape index (κ2) is 4.87. The van der Waals surface area contributed by atoms with Crippen LogP contribution in [0.3, 0.4) is 0 Å². The van der Waals surface area contributed by atoms with Crippen molar-refractivity contribution in [3.63, 3.8) is 0 Å². The summed E-state index contributed by atoms with van der Waals surface area (Å²) < 4.78 is 5.08. The molecule has 0 spiro atoms. The zero-order chi connectivity index (χ0) is 15.0. The van der Waals surface area contributed by atoms with Gasteiger partial charge >= 0.3 is 0 Å². The first-order valence-electron chi connectivity index (χ1n) is 6.52. The predicted octanol–water partition coefficient (Wildman–Crippen LogP) is 1.24. The Morgan fingerprint density at radius 3 is 2.48 bits per heavy atom.